The summed E-state index contributed by atoms with van der Waals surface area (Å²) in [4.78, 5) is 32.9. The van der Waals surface area contributed by atoms with Crippen molar-refractivity contribution in [3.8, 4) is 5.75 Å². The van der Waals surface area contributed by atoms with Crippen LogP contribution in [0.4, 0.5) is 0 Å². The number of rotatable bonds is 7. The van der Waals surface area contributed by atoms with Crippen LogP contribution in [0.5, 0.6) is 5.75 Å². The van der Waals surface area contributed by atoms with E-state index >= 15 is 0 Å². The molecular weight excluding hydrogens is 454 g/mol. The Labute approximate surface area is 188 Å². The fraction of sp³-hybridized carbons (Fsp3) is 0.238. The van der Waals surface area contributed by atoms with Gasteiger partial charge in [0.15, 0.2) is 5.16 Å². The molecular formula is C21H19N3O6S2. The second-order valence-corrected chi connectivity index (χ2v) is 9.80. The molecule has 3 heterocycles. The zero-order valence-electron chi connectivity index (χ0n) is 16.8. The molecule has 166 valence electrons. The number of hydrogen-bond acceptors (Lipinski definition) is 9. The largest absolute Gasteiger partial charge is 0.464 e. The quantitative estimate of drug-likeness (QED) is 0.290. The van der Waals surface area contributed by atoms with E-state index in [2.05, 4.69) is 9.97 Å². The molecule has 0 radical (unpaired) electrons. The molecule has 0 aliphatic carbocycles. The highest BCUT2D eigenvalue weighted by Gasteiger charge is 2.27. The second-order valence-electron chi connectivity index (χ2n) is 6.92. The number of hydrogen-bond donors (Lipinski definition) is 0. The van der Waals surface area contributed by atoms with Gasteiger partial charge in [0.05, 0.1) is 16.2 Å². The van der Waals surface area contributed by atoms with Gasteiger partial charge >= 0.3 is 5.97 Å². The highest BCUT2D eigenvalue weighted by molar-refractivity contribution is 7.98. The first-order valence-electron chi connectivity index (χ1n) is 9.77. The number of benzene rings is 1. The van der Waals surface area contributed by atoms with Crippen LogP contribution in [0.15, 0.2) is 74.3 Å². The van der Waals surface area contributed by atoms with E-state index in [1.807, 2.05) is 0 Å². The number of aromatic nitrogens is 2. The maximum atomic E-state index is 12.6. The molecule has 1 saturated heterocycles. The number of nitrogens with zero attached hydrogens (tertiary/aromatic N) is 3. The Morgan fingerprint density at radius 2 is 1.81 bits per heavy atom. The molecule has 2 aromatic heterocycles. The van der Waals surface area contributed by atoms with E-state index in [4.69, 9.17) is 9.15 Å². The van der Waals surface area contributed by atoms with Crippen LogP contribution >= 0.6 is 11.8 Å². The smallest absolute Gasteiger partial charge is 0.343 e. The summed E-state index contributed by atoms with van der Waals surface area (Å²) in [6, 6.07) is 8.38. The lowest BCUT2D eigenvalue weighted by atomic mass is 10.2. The molecule has 0 saturated carbocycles. The summed E-state index contributed by atoms with van der Waals surface area (Å²) in [6.45, 7) is 0.990. The number of ether oxygens (including phenoxy) is 1. The molecule has 0 amide bonds. The molecule has 1 aromatic carbocycles. The molecule has 1 fully saturated rings. The Hall–Kier alpha value is -3.02. The zero-order chi connectivity index (χ0) is 22.6. The Balaban J connectivity index is 1.40. The van der Waals surface area contributed by atoms with Crippen molar-refractivity contribution in [2.75, 3.05) is 13.1 Å². The third kappa shape index (κ3) is 5.06. The third-order valence-electron chi connectivity index (χ3n) is 4.73. The first-order chi connectivity index (χ1) is 15.4. The summed E-state index contributed by atoms with van der Waals surface area (Å²) < 4.78 is 37.1. The summed E-state index contributed by atoms with van der Waals surface area (Å²) in [5.41, 5.74) is -0.395. The van der Waals surface area contributed by atoms with Crippen LogP contribution in [-0.2, 0) is 15.8 Å². The van der Waals surface area contributed by atoms with Gasteiger partial charge in [0.2, 0.25) is 21.2 Å². The molecule has 9 nitrogen and oxygen atoms in total. The first kappa shape index (κ1) is 22.2. The molecule has 0 bridgehead atoms. The number of carbonyl (C=O) groups is 1. The molecule has 0 unspecified atom stereocenters. The first-order valence-corrected chi connectivity index (χ1v) is 12.2. The van der Waals surface area contributed by atoms with Crippen molar-refractivity contribution in [2.24, 2.45) is 0 Å². The summed E-state index contributed by atoms with van der Waals surface area (Å²) in [7, 11) is -3.57. The SMILES string of the molecule is O=C(Oc1coc(CSc2ncccn2)cc1=O)c1ccc(S(=O)(=O)N2CCCC2)cc1. The van der Waals surface area contributed by atoms with E-state index in [-0.39, 0.29) is 16.2 Å². The summed E-state index contributed by atoms with van der Waals surface area (Å²) in [6.07, 6.45) is 5.98. The van der Waals surface area contributed by atoms with Gasteiger partial charge in [0.1, 0.15) is 12.0 Å². The highest BCUT2D eigenvalue weighted by Crippen LogP contribution is 2.22. The molecule has 3 aromatic rings. The van der Waals surface area contributed by atoms with Gasteiger partial charge in [-0.05, 0) is 43.2 Å². The van der Waals surface area contributed by atoms with Crippen molar-refractivity contribution in [2.45, 2.75) is 28.6 Å². The fourth-order valence-corrected chi connectivity index (χ4v) is 5.29. The average Bonchev–Trinajstić information content (AvgIpc) is 3.36. The van der Waals surface area contributed by atoms with Gasteiger partial charge < -0.3 is 9.15 Å². The molecule has 1 aliphatic rings. The number of esters is 1. The predicted octanol–water partition coefficient (Wildman–Crippen LogP) is 2.73. The van der Waals surface area contributed by atoms with Crippen LogP contribution in [0.2, 0.25) is 0 Å². The Morgan fingerprint density at radius 3 is 2.47 bits per heavy atom. The van der Waals surface area contributed by atoms with Crippen molar-refractivity contribution >= 4 is 27.8 Å². The molecule has 32 heavy (non-hydrogen) atoms. The van der Waals surface area contributed by atoms with E-state index in [0.29, 0.717) is 29.8 Å². The van der Waals surface area contributed by atoms with Crippen molar-refractivity contribution in [1.29, 1.82) is 0 Å². The van der Waals surface area contributed by atoms with Gasteiger partial charge in [-0.15, -0.1) is 0 Å². The fourth-order valence-electron chi connectivity index (χ4n) is 3.08. The van der Waals surface area contributed by atoms with Crippen molar-refractivity contribution in [3.05, 3.63) is 76.6 Å². The minimum atomic E-state index is -3.57. The van der Waals surface area contributed by atoms with Crippen molar-refractivity contribution < 1.29 is 22.4 Å². The van der Waals surface area contributed by atoms with E-state index in [0.717, 1.165) is 19.1 Å². The minimum absolute atomic E-state index is 0.111. The summed E-state index contributed by atoms with van der Waals surface area (Å²) in [5.74, 6) is -0.333. The summed E-state index contributed by atoms with van der Waals surface area (Å²) >= 11 is 1.30. The molecule has 4 rings (SSSR count). The van der Waals surface area contributed by atoms with Gasteiger partial charge in [-0.2, -0.15) is 4.31 Å². The number of sulfonamides is 1. The lowest BCUT2D eigenvalue weighted by Crippen LogP contribution is -2.27. The van der Waals surface area contributed by atoms with Crippen LogP contribution in [0, 0.1) is 0 Å². The monoisotopic (exact) mass is 473 g/mol. The van der Waals surface area contributed by atoms with Gasteiger partial charge in [0, 0.05) is 31.5 Å². The second kappa shape index (κ2) is 9.63. The molecule has 11 heteroatoms. The maximum absolute atomic E-state index is 12.6. The van der Waals surface area contributed by atoms with Gasteiger partial charge in [-0.3, -0.25) is 4.79 Å². The predicted molar refractivity (Wildman–Crippen MR) is 116 cm³/mol. The number of thioether (sulfide) groups is 1. The average molecular weight is 474 g/mol. The molecule has 0 atom stereocenters. The van der Waals surface area contributed by atoms with E-state index in [1.165, 1.54) is 46.4 Å². The topological polar surface area (TPSA) is 120 Å². The molecule has 1 aliphatic heterocycles. The van der Waals surface area contributed by atoms with Crippen LogP contribution in [0.25, 0.3) is 0 Å². The van der Waals surface area contributed by atoms with Crippen LogP contribution in [0.3, 0.4) is 0 Å². The third-order valence-corrected chi connectivity index (χ3v) is 7.54. The Morgan fingerprint density at radius 1 is 1.12 bits per heavy atom. The van der Waals surface area contributed by atoms with E-state index in [9.17, 15) is 18.0 Å². The lowest BCUT2D eigenvalue weighted by Gasteiger charge is -2.15. The number of carbonyl (C=O) groups excluding carboxylic acids is 1. The van der Waals surface area contributed by atoms with Crippen LogP contribution in [-0.4, -0.2) is 41.7 Å². The van der Waals surface area contributed by atoms with Gasteiger partial charge in [-0.25, -0.2) is 23.2 Å². The van der Waals surface area contributed by atoms with Gasteiger partial charge in [-0.1, -0.05) is 11.8 Å². The minimum Gasteiger partial charge on any atom is -0.464 e. The Bertz CT molecular complexity index is 1250. The zero-order valence-corrected chi connectivity index (χ0v) is 18.5. The van der Waals surface area contributed by atoms with Crippen LogP contribution < -0.4 is 10.2 Å². The van der Waals surface area contributed by atoms with Crippen molar-refractivity contribution in [1.82, 2.24) is 14.3 Å². The standard InChI is InChI=1S/C21H19N3O6S2/c25-18-12-16(14-31-21-22-8-3-9-23-21)29-13-19(18)30-20(26)15-4-6-17(7-5-15)32(27,28)24-10-1-2-11-24/h3-9,12-13H,1-2,10-11,14H2. The van der Waals surface area contributed by atoms with Crippen molar-refractivity contribution in [3.63, 3.8) is 0 Å². The molecule has 0 N–H and O–H groups in total. The van der Waals surface area contributed by atoms with E-state index < -0.39 is 21.4 Å². The normalized spacial score (nSPS) is 14.4. The molecule has 0 spiro atoms. The lowest BCUT2D eigenvalue weighted by molar-refractivity contribution is 0.0728. The highest BCUT2D eigenvalue weighted by atomic mass is 32.2. The van der Waals surface area contributed by atoms with E-state index in [1.54, 1.807) is 18.5 Å². The Kier molecular flexibility index (Phi) is 6.68. The van der Waals surface area contributed by atoms with Crippen LogP contribution in [0.1, 0.15) is 29.0 Å². The summed E-state index contributed by atoms with van der Waals surface area (Å²) in [5, 5.41) is 0.542. The maximum Gasteiger partial charge on any atom is 0.343 e. The van der Waals surface area contributed by atoms with Gasteiger partial charge in [0.25, 0.3) is 0 Å².